The van der Waals surface area contributed by atoms with Gasteiger partial charge in [-0.3, -0.25) is 4.79 Å². The standard InChI is InChI=1S/C17H14O4/c1-20-13-6-7-17-15(9-13)16(19)10-14(21-17)8-11-2-4-12(18)5-3-11/h2-7,9-10,18H,8H2,1H3. The van der Waals surface area contributed by atoms with Crippen molar-refractivity contribution in [1.82, 2.24) is 0 Å². The topological polar surface area (TPSA) is 59.7 Å². The molecule has 0 amide bonds. The minimum Gasteiger partial charge on any atom is -0.508 e. The Balaban J connectivity index is 2.00. The molecule has 1 heterocycles. The Morgan fingerprint density at radius 3 is 2.57 bits per heavy atom. The van der Waals surface area contributed by atoms with Crippen LogP contribution in [-0.2, 0) is 6.42 Å². The first kappa shape index (κ1) is 13.2. The van der Waals surface area contributed by atoms with Gasteiger partial charge in [0.15, 0.2) is 5.43 Å². The molecule has 0 fully saturated rings. The largest absolute Gasteiger partial charge is 0.508 e. The molecule has 106 valence electrons. The maximum Gasteiger partial charge on any atom is 0.193 e. The zero-order chi connectivity index (χ0) is 14.8. The van der Waals surface area contributed by atoms with Gasteiger partial charge in [-0.1, -0.05) is 12.1 Å². The summed E-state index contributed by atoms with van der Waals surface area (Å²) in [7, 11) is 1.56. The lowest BCUT2D eigenvalue weighted by molar-refractivity contribution is 0.415. The summed E-state index contributed by atoms with van der Waals surface area (Å²) in [4.78, 5) is 12.2. The molecule has 4 nitrogen and oxygen atoms in total. The zero-order valence-electron chi connectivity index (χ0n) is 11.5. The van der Waals surface area contributed by atoms with Crippen LogP contribution in [0.5, 0.6) is 11.5 Å². The highest BCUT2D eigenvalue weighted by molar-refractivity contribution is 5.78. The molecular formula is C17H14O4. The van der Waals surface area contributed by atoms with E-state index in [-0.39, 0.29) is 11.2 Å². The molecule has 0 saturated carbocycles. The van der Waals surface area contributed by atoms with Crippen molar-refractivity contribution in [2.24, 2.45) is 0 Å². The summed E-state index contributed by atoms with van der Waals surface area (Å²) in [6, 6.07) is 13.5. The number of ether oxygens (including phenoxy) is 1. The van der Waals surface area contributed by atoms with Crippen molar-refractivity contribution in [3.8, 4) is 11.5 Å². The van der Waals surface area contributed by atoms with Gasteiger partial charge < -0.3 is 14.3 Å². The molecule has 2 aromatic carbocycles. The molecular weight excluding hydrogens is 268 g/mol. The van der Waals surface area contributed by atoms with E-state index < -0.39 is 0 Å². The van der Waals surface area contributed by atoms with Crippen LogP contribution in [0.3, 0.4) is 0 Å². The Morgan fingerprint density at radius 2 is 1.86 bits per heavy atom. The molecule has 21 heavy (non-hydrogen) atoms. The van der Waals surface area contributed by atoms with E-state index in [1.54, 1.807) is 49.6 Å². The maximum atomic E-state index is 12.2. The highest BCUT2D eigenvalue weighted by atomic mass is 16.5. The highest BCUT2D eigenvalue weighted by Crippen LogP contribution is 2.20. The van der Waals surface area contributed by atoms with Crippen LogP contribution in [0.1, 0.15) is 11.3 Å². The van der Waals surface area contributed by atoms with Crippen molar-refractivity contribution in [3.63, 3.8) is 0 Å². The lowest BCUT2D eigenvalue weighted by Crippen LogP contribution is -2.03. The van der Waals surface area contributed by atoms with Gasteiger partial charge >= 0.3 is 0 Å². The molecule has 1 aromatic heterocycles. The van der Waals surface area contributed by atoms with Crippen LogP contribution in [0.2, 0.25) is 0 Å². The molecule has 4 heteroatoms. The van der Waals surface area contributed by atoms with Gasteiger partial charge in [0.2, 0.25) is 0 Å². The van der Waals surface area contributed by atoms with Crippen LogP contribution in [0, 0.1) is 0 Å². The van der Waals surface area contributed by atoms with E-state index in [1.165, 1.54) is 6.07 Å². The Morgan fingerprint density at radius 1 is 1.10 bits per heavy atom. The van der Waals surface area contributed by atoms with Gasteiger partial charge in [-0.05, 0) is 35.9 Å². The van der Waals surface area contributed by atoms with Gasteiger partial charge in [0, 0.05) is 12.5 Å². The Labute approximate surface area is 121 Å². The normalized spacial score (nSPS) is 10.7. The minimum absolute atomic E-state index is 0.0936. The summed E-state index contributed by atoms with van der Waals surface area (Å²) in [6.45, 7) is 0. The average molecular weight is 282 g/mol. The second-order valence-corrected chi connectivity index (χ2v) is 4.78. The summed E-state index contributed by atoms with van der Waals surface area (Å²) in [5, 5.41) is 9.78. The number of hydrogen-bond donors (Lipinski definition) is 1. The van der Waals surface area contributed by atoms with E-state index >= 15 is 0 Å². The third-order valence-electron chi connectivity index (χ3n) is 3.30. The van der Waals surface area contributed by atoms with Crippen molar-refractivity contribution in [1.29, 1.82) is 0 Å². The molecule has 0 unspecified atom stereocenters. The fourth-order valence-corrected chi connectivity index (χ4v) is 2.21. The number of rotatable bonds is 3. The first-order valence-electron chi connectivity index (χ1n) is 6.54. The third-order valence-corrected chi connectivity index (χ3v) is 3.30. The van der Waals surface area contributed by atoms with Gasteiger partial charge in [0.05, 0.1) is 12.5 Å². The van der Waals surface area contributed by atoms with Crippen LogP contribution in [0.25, 0.3) is 11.0 Å². The highest BCUT2D eigenvalue weighted by Gasteiger charge is 2.07. The van der Waals surface area contributed by atoms with E-state index in [2.05, 4.69) is 0 Å². The predicted octanol–water partition coefficient (Wildman–Crippen LogP) is 3.10. The van der Waals surface area contributed by atoms with Gasteiger partial charge in [0.25, 0.3) is 0 Å². The summed E-state index contributed by atoms with van der Waals surface area (Å²) < 4.78 is 10.9. The van der Waals surface area contributed by atoms with Crippen LogP contribution in [-0.4, -0.2) is 12.2 Å². The monoisotopic (exact) mass is 282 g/mol. The number of hydrogen-bond acceptors (Lipinski definition) is 4. The molecule has 0 aliphatic heterocycles. The van der Waals surface area contributed by atoms with Crippen molar-refractivity contribution in [2.45, 2.75) is 6.42 Å². The Bertz CT molecular complexity index is 832. The van der Waals surface area contributed by atoms with Gasteiger partial charge in [-0.25, -0.2) is 0 Å². The first-order chi connectivity index (χ1) is 10.2. The number of benzene rings is 2. The lowest BCUT2D eigenvalue weighted by Gasteiger charge is -2.05. The molecule has 0 saturated heterocycles. The zero-order valence-corrected chi connectivity index (χ0v) is 11.5. The van der Waals surface area contributed by atoms with Crippen LogP contribution >= 0.6 is 0 Å². The van der Waals surface area contributed by atoms with E-state index in [0.717, 1.165) is 5.56 Å². The third kappa shape index (κ3) is 2.74. The number of phenolic OH excluding ortho intramolecular Hbond substituents is 1. The maximum absolute atomic E-state index is 12.2. The fourth-order valence-electron chi connectivity index (χ4n) is 2.21. The molecule has 1 N–H and O–H groups in total. The average Bonchev–Trinajstić information content (AvgIpc) is 2.49. The van der Waals surface area contributed by atoms with Gasteiger partial charge in [0.1, 0.15) is 22.8 Å². The first-order valence-corrected chi connectivity index (χ1v) is 6.54. The number of methoxy groups -OCH3 is 1. The number of aromatic hydroxyl groups is 1. The van der Waals surface area contributed by atoms with Crippen LogP contribution in [0.4, 0.5) is 0 Å². The Kier molecular flexibility index (Phi) is 3.36. The smallest absolute Gasteiger partial charge is 0.193 e. The quantitative estimate of drug-likeness (QED) is 0.802. The molecule has 0 spiro atoms. The number of phenols is 1. The van der Waals surface area contributed by atoms with E-state index in [0.29, 0.717) is 28.9 Å². The molecule has 3 aromatic rings. The molecule has 0 atom stereocenters. The summed E-state index contributed by atoms with van der Waals surface area (Å²) >= 11 is 0. The summed E-state index contributed by atoms with van der Waals surface area (Å²) in [5.74, 6) is 1.43. The van der Waals surface area contributed by atoms with Crippen LogP contribution < -0.4 is 10.2 Å². The minimum atomic E-state index is -0.0936. The molecule has 0 bridgehead atoms. The SMILES string of the molecule is COc1ccc2oc(Cc3ccc(O)cc3)cc(=O)c2c1. The number of fused-ring (bicyclic) bond motifs is 1. The van der Waals surface area contributed by atoms with Crippen molar-refractivity contribution in [3.05, 3.63) is 70.1 Å². The van der Waals surface area contributed by atoms with E-state index in [9.17, 15) is 9.90 Å². The van der Waals surface area contributed by atoms with Gasteiger partial charge in [-0.2, -0.15) is 0 Å². The molecule has 0 aliphatic carbocycles. The molecule has 3 rings (SSSR count). The van der Waals surface area contributed by atoms with E-state index in [4.69, 9.17) is 9.15 Å². The van der Waals surface area contributed by atoms with Gasteiger partial charge in [-0.15, -0.1) is 0 Å². The van der Waals surface area contributed by atoms with Crippen molar-refractivity contribution < 1.29 is 14.3 Å². The Hall–Kier alpha value is -2.75. The lowest BCUT2D eigenvalue weighted by atomic mass is 10.1. The molecule has 0 aliphatic rings. The second-order valence-electron chi connectivity index (χ2n) is 4.78. The molecule has 0 radical (unpaired) electrons. The van der Waals surface area contributed by atoms with Crippen LogP contribution in [0.15, 0.2) is 57.7 Å². The van der Waals surface area contributed by atoms with Crippen molar-refractivity contribution in [2.75, 3.05) is 7.11 Å². The summed E-state index contributed by atoms with van der Waals surface area (Å²) in [5.41, 5.74) is 1.41. The summed E-state index contributed by atoms with van der Waals surface area (Å²) in [6.07, 6.45) is 0.498. The predicted molar refractivity (Wildman–Crippen MR) is 79.9 cm³/mol. The van der Waals surface area contributed by atoms with Crippen molar-refractivity contribution >= 4 is 11.0 Å². The second kappa shape index (κ2) is 5.32. The van der Waals surface area contributed by atoms with E-state index in [1.807, 2.05) is 0 Å². The fraction of sp³-hybridized carbons (Fsp3) is 0.118.